The number of cyclic esters (lactones) is 1. The first kappa shape index (κ1) is 19.5. The molecule has 7 nitrogen and oxygen atoms in total. The maximum absolute atomic E-state index is 13.7. The smallest absolute Gasteiger partial charge is 0.410 e. The summed E-state index contributed by atoms with van der Waals surface area (Å²) in [5, 5.41) is 0. The molecule has 0 saturated carbocycles. The first-order valence-electron chi connectivity index (χ1n) is 10.4. The molecule has 2 saturated heterocycles. The number of hydrogen-bond acceptors (Lipinski definition) is 4. The Kier molecular flexibility index (Phi) is 4.84. The zero-order valence-electron chi connectivity index (χ0n) is 17.0. The highest BCUT2D eigenvalue weighted by atomic mass is 19.1. The van der Waals surface area contributed by atoms with E-state index in [-0.39, 0.29) is 23.7 Å². The summed E-state index contributed by atoms with van der Waals surface area (Å²) in [6.45, 7) is 1.93. The first-order valence-corrected chi connectivity index (χ1v) is 10.4. The number of benzene rings is 1. The topological polar surface area (TPSA) is 67.2 Å². The highest BCUT2D eigenvalue weighted by molar-refractivity contribution is 5.83. The SMILES string of the molecule is O=C(CN1CCOC1=O)N1CCC(c2ccccc2)(c2cn3cc(F)ccc3n2)CC1. The van der Waals surface area contributed by atoms with Crippen LogP contribution in [0.5, 0.6) is 0 Å². The Bertz CT molecular complexity index is 1120. The van der Waals surface area contributed by atoms with Gasteiger partial charge in [-0.25, -0.2) is 14.2 Å². The Hall–Kier alpha value is -3.42. The van der Waals surface area contributed by atoms with E-state index in [1.807, 2.05) is 29.3 Å². The number of halogens is 1. The second-order valence-electron chi connectivity index (χ2n) is 8.10. The number of ether oxygens (including phenoxy) is 1. The molecule has 160 valence electrons. The second kappa shape index (κ2) is 7.68. The summed E-state index contributed by atoms with van der Waals surface area (Å²) in [6, 6.07) is 13.2. The van der Waals surface area contributed by atoms with Crippen molar-refractivity contribution >= 4 is 17.6 Å². The minimum atomic E-state index is -0.430. The molecule has 2 aliphatic heterocycles. The van der Waals surface area contributed by atoms with Crippen molar-refractivity contribution in [3.8, 4) is 0 Å². The molecular weight excluding hydrogens is 399 g/mol. The Labute approximate surface area is 179 Å². The molecule has 31 heavy (non-hydrogen) atoms. The molecule has 8 heteroatoms. The van der Waals surface area contributed by atoms with Gasteiger partial charge in [0.2, 0.25) is 5.91 Å². The van der Waals surface area contributed by atoms with Gasteiger partial charge in [-0.1, -0.05) is 30.3 Å². The molecule has 2 aromatic heterocycles. The number of rotatable bonds is 4. The van der Waals surface area contributed by atoms with Crippen LogP contribution in [0.25, 0.3) is 5.65 Å². The van der Waals surface area contributed by atoms with Crippen molar-refractivity contribution in [2.45, 2.75) is 18.3 Å². The molecule has 2 aliphatic rings. The summed E-state index contributed by atoms with van der Waals surface area (Å²) in [5.41, 5.74) is 2.33. The van der Waals surface area contributed by atoms with Crippen LogP contribution >= 0.6 is 0 Å². The predicted molar refractivity (Wildman–Crippen MR) is 111 cm³/mol. The fourth-order valence-electron chi connectivity index (χ4n) is 4.62. The van der Waals surface area contributed by atoms with Crippen molar-refractivity contribution < 1.29 is 18.7 Å². The van der Waals surface area contributed by atoms with Crippen molar-refractivity contribution in [1.29, 1.82) is 0 Å². The summed E-state index contributed by atoms with van der Waals surface area (Å²) in [4.78, 5) is 32.5. The molecular formula is C23H23FN4O3. The number of aromatic nitrogens is 2. The molecule has 2 amide bonds. The van der Waals surface area contributed by atoms with Gasteiger partial charge in [-0.15, -0.1) is 0 Å². The quantitative estimate of drug-likeness (QED) is 0.649. The Morgan fingerprint density at radius 1 is 1.06 bits per heavy atom. The fraction of sp³-hybridized carbons (Fsp3) is 0.348. The number of carbonyl (C=O) groups is 2. The van der Waals surface area contributed by atoms with Crippen LogP contribution in [-0.2, 0) is 14.9 Å². The van der Waals surface area contributed by atoms with E-state index in [9.17, 15) is 14.0 Å². The van der Waals surface area contributed by atoms with E-state index in [2.05, 4.69) is 12.1 Å². The van der Waals surface area contributed by atoms with E-state index < -0.39 is 6.09 Å². The second-order valence-corrected chi connectivity index (χ2v) is 8.10. The van der Waals surface area contributed by atoms with E-state index in [0.29, 0.717) is 44.7 Å². The standard InChI is InChI=1S/C23H23FN4O3/c24-18-6-7-20-25-19(15-28(20)14-18)23(17-4-2-1-3-5-17)8-10-26(11-9-23)21(29)16-27-12-13-31-22(27)30/h1-7,14-15H,8-13,16H2. The van der Waals surface area contributed by atoms with Crippen LogP contribution in [0, 0.1) is 5.82 Å². The minimum absolute atomic E-state index is 0.0464. The van der Waals surface area contributed by atoms with Gasteiger partial charge < -0.3 is 14.0 Å². The minimum Gasteiger partial charge on any atom is -0.448 e. The molecule has 0 radical (unpaired) electrons. The van der Waals surface area contributed by atoms with Crippen LogP contribution < -0.4 is 0 Å². The number of fused-ring (bicyclic) bond motifs is 1. The highest BCUT2D eigenvalue weighted by Gasteiger charge is 2.41. The number of likely N-dealkylation sites (tertiary alicyclic amines) is 1. The molecule has 0 spiro atoms. The van der Waals surface area contributed by atoms with Gasteiger partial charge in [0.15, 0.2) is 0 Å². The van der Waals surface area contributed by atoms with E-state index in [0.717, 1.165) is 11.3 Å². The van der Waals surface area contributed by atoms with E-state index in [4.69, 9.17) is 9.72 Å². The van der Waals surface area contributed by atoms with Crippen molar-refractivity contribution in [3.63, 3.8) is 0 Å². The first-order chi connectivity index (χ1) is 15.0. The lowest BCUT2D eigenvalue weighted by atomic mass is 9.70. The van der Waals surface area contributed by atoms with E-state index >= 15 is 0 Å². The summed E-state index contributed by atoms with van der Waals surface area (Å²) in [6.07, 6.45) is 4.28. The number of hydrogen-bond donors (Lipinski definition) is 0. The summed E-state index contributed by atoms with van der Waals surface area (Å²) < 4.78 is 20.3. The summed E-state index contributed by atoms with van der Waals surface area (Å²) >= 11 is 0. The molecule has 0 aliphatic carbocycles. The van der Waals surface area contributed by atoms with E-state index in [1.54, 1.807) is 10.5 Å². The van der Waals surface area contributed by atoms with Crippen molar-refractivity contribution in [2.75, 3.05) is 32.8 Å². The summed E-state index contributed by atoms with van der Waals surface area (Å²) in [7, 11) is 0. The number of nitrogens with zero attached hydrogens (tertiary/aromatic N) is 4. The molecule has 2 fully saturated rings. The Balaban J connectivity index is 1.42. The van der Waals surface area contributed by atoms with Crippen molar-refractivity contribution in [2.24, 2.45) is 0 Å². The lowest BCUT2D eigenvalue weighted by Gasteiger charge is -2.41. The van der Waals surface area contributed by atoms with Gasteiger partial charge in [0.05, 0.1) is 12.2 Å². The summed E-state index contributed by atoms with van der Waals surface area (Å²) in [5.74, 6) is -0.386. The molecule has 0 bridgehead atoms. The van der Waals surface area contributed by atoms with Crippen molar-refractivity contribution in [1.82, 2.24) is 19.2 Å². The molecule has 3 aromatic rings. The van der Waals surface area contributed by atoms with Gasteiger partial charge >= 0.3 is 6.09 Å². The lowest BCUT2D eigenvalue weighted by molar-refractivity contribution is -0.133. The van der Waals surface area contributed by atoms with E-state index in [1.165, 1.54) is 17.2 Å². The fourth-order valence-corrected chi connectivity index (χ4v) is 4.62. The van der Waals surface area contributed by atoms with Crippen LogP contribution in [0.2, 0.25) is 0 Å². The van der Waals surface area contributed by atoms with Gasteiger partial charge in [0.25, 0.3) is 0 Å². The third-order valence-electron chi connectivity index (χ3n) is 6.37. The van der Waals surface area contributed by atoms with Crippen molar-refractivity contribution in [3.05, 3.63) is 71.9 Å². The number of piperidine rings is 1. The average molecular weight is 422 g/mol. The predicted octanol–water partition coefficient (Wildman–Crippen LogP) is 2.83. The third kappa shape index (κ3) is 3.52. The van der Waals surface area contributed by atoms with Crippen LogP contribution in [0.4, 0.5) is 9.18 Å². The highest BCUT2D eigenvalue weighted by Crippen LogP contribution is 2.41. The Morgan fingerprint density at radius 3 is 2.55 bits per heavy atom. The number of carbonyl (C=O) groups excluding carboxylic acids is 2. The van der Waals surface area contributed by atoms with Gasteiger partial charge in [0.1, 0.15) is 24.6 Å². The largest absolute Gasteiger partial charge is 0.448 e. The molecule has 1 aromatic carbocycles. The van der Waals surface area contributed by atoms with Gasteiger partial charge in [0, 0.05) is 30.9 Å². The number of amides is 2. The van der Waals surface area contributed by atoms with Gasteiger partial charge in [-0.3, -0.25) is 9.69 Å². The van der Waals surface area contributed by atoms with Gasteiger partial charge in [-0.2, -0.15) is 0 Å². The molecule has 0 N–H and O–H groups in total. The molecule has 4 heterocycles. The third-order valence-corrected chi connectivity index (χ3v) is 6.37. The normalized spacial score (nSPS) is 18.4. The number of pyridine rings is 1. The maximum atomic E-state index is 13.7. The zero-order chi connectivity index (χ0) is 21.4. The Morgan fingerprint density at radius 2 is 1.84 bits per heavy atom. The van der Waals surface area contributed by atoms with Crippen LogP contribution in [0.1, 0.15) is 24.1 Å². The lowest BCUT2D eigenvalue weighted by Crippen LogP contribution is -2.49. The molecule has 0 atom stereocenters. The molecule has 0 unspecified atom stereocenters. The monoisotopic (exact) mass is 422 g/mol. The van der Waals surface area contributed by atoms with Crippen LogP contribution in [0.3, 0.4) is 0 Å². The average Bonchev–Trinajstić information content (AvgIpc) is 3.40. The number of imidazole rings is 1. The van der Waals surface area contributed by atoms with Gasteiger partial charge in [-0.05, 0) is 30.5 Å². The zero-order valence-corrected chi connectivity index (χ0v) is 17.0. The van der Waals surface area contributed by atoms with Crippen LogP contribution in [-0.4, -0.2) is 64.0 Å². The van der Waals surface area contributed by atoms with Crippen LogP contribution in [0.15, 0.2) is 54.9 Å². The molecule has 5 rings (SSSR count). The maximum Gasteiger partial charge on any atom is 0.410 e.